The molecule has 5 nitrogen and oxygen atoms in total. The molecule has 0 spiro atoms. The van der Waals surface area contributed by atoms with Gasteiger partial charge in [-0.25, -0.2) is 8.42 Å². The molecule has 1 fully saturated rings. The van der Waals surface area contributed by atoms with Crippen molar-refractivity contribution >= 4 is 38.6 Å². The van der Waals surface area contributed by atoms with Crippen molar-refractivity contribution in [2.75, 3.05) is 6.54 Å². The van der Waals surface area contributed by atoms with Gasteiger partial charge in [-0.15, -0.1) is 22.7 Å². The molecule has 1 aliphatic heterocycles. The molecule has 2 aromatic rings. The molecule has 1 N–H and O–H groups in total. The van der Waals surface area contributed by atoms with E-state index in [4.69, 9.17) is 0 Å². The largest absolute Gasteiger partial charge is 0.350 e. The minimum absolute atomic E-state index is 0.215. The van der Waals surface area contributed by atoms with E-state index in [1.807, 2.05) is 24.4 Å². The number of hydrogen-bond acceptors (Lipinski definition) is 5. The number of rotatable bonds is 5. The summed E-state index contributed by atoms with van der Waals surface area (Å²) in [5.41, 5.74) is 0. The first kappa shape index (κ1) is 16.6. The fourth-order valence-electron chi connectivity index (χ4n) is 2.66. The van der Waals surface area contributed by atoms with Gasteiger partial charge in [0.15, 0.2) is 0 Å². The Bertz CT molecular complexity index is 781. The second-order valence-corrected chi connectivity index (χ2v) is 9.87. The van der Waals surface area contributed by atoms with Gasteiger partial charge < -0.3 is 5.32 Å². The molecule has 2 aromatic heterocycles. The highest BCUT2D eigenvalue weighted by Gasteiger charge is 2.39. The molecule has 8 heteroatoms. The third-order valence-electron chi connectivity index (χ3n) is 3.80. The van der Waals surface area contributed by atoms with Gasteiger partial charge in [0, 0.05) is 16.3 Å². The summed E-state index contributed by atoms with van der Waals surface area (Å²) in [6, 6.07) is 6.68. The number of hydrogen-bond donors (Lipinski definition) is 1. The van der Waals surface area contributed by atoms with Gasteiger partial charge >= 0.3 is 0 Å². The predicted octanol–water partition coefficient (Wildman–Crippen LogP) is 2.59. The second kappa shape index (κ2) is 6.72. The van der Waals surface area contributed by atoms with E-state index in [9.17, 15) is 13.2 Å². The van der Waals surface area contributed by atoms with Crippen LogP contribution < -0.4 is 5.32 Å². The van der Waals surface area contributed by atoms with E-state index >= 15 is 0 Å². The summed E-state index contributed by atoms with van der Waals surface area (Å²) in [7, 11) is -3.59. The Morgan fingerprint density at radius 2 is 2.22 bits per heavy atom. The quantitative estimate of drug-likeness (QED) is 0.880. The summed E-state index contributed by atoms with van der Waals surface area (Å²) in [6.45, 7) is 2.72. The molecule has 1 amide bonds. The zero-order chi connectivity index (χ0) is 16.4. The van der Waals surface area contributed by atoms with Gasteiger partial charge in [-0.3, -0.25) is 4.79 Å². The van der Waals surface area contributed by atoms with Crippen LogP contribution in [0.4, 0.5) is 0 Å². The molecule has 1 saturated heterocycles. The topological polar surface area (TPSA) is 66.5 Å². The van der Waals surface area contributed by atoms with E-state index in [0.29, 0.717) is 30.1 Å². The SMILES string of the molecule is Cc1ccc(S(=O)(=O)N2CCCC2C(=O)NCc2cccs2)s1. The number of nitrogens with one attached hydrogen (secondary N) is 1. The zero-order valence-electron chi connectivity index (χ0n) is 12.7. The molecule has 0 bridgehead atoms. The van der Waals surface area contributed by atoms with Gasteiger partial charge in [0.2, 0.25) is 5.91 Å². The third kappa shape index (κ3) is 3.50. The molecule has 3 heterocycles. The third-order valence-corrected chi connectivity index (χ3v) is 8.05. The van der Waals surface area contributed by atoms with Gasteiger partial charge in [0.25, 0.3) is 10.0 Å². The number of carbonyl (C=O) groups is 1. The van der Waals surface area contributed by atoms with Crippen LogP contribution in [0.1, 0.15) is 22.6 Å². The van der Waals surface area contributed by atoms with Crippen LogP contribution in [0.15, 0.2) is 33.9 Å². The van der Waals surface area contributed by atoms with Crippen molar-refractivity contribution in [2.24, 2.45) is 0 Å². The predicted molar refractivity (Wildman–Crippen MR) is 92.1 cm³/mol. The Labute approximate surface area is 144 Å². The van der Waals surface area contributed by atoms with E-state index in [-0.39, 0.29) is 5.91 Å². The highest BCUT2D eigenvalue weighted by atomic mass is 32.2. The number of sulfonamides is 1. The molecule has 1 aliphatic rings. The van der Waals surface area contributed by atoms with Crippen molar-refractivity contribution in [3.8, 4) is 0 Å². The molecule has 1 unspecified atom stereocenters. The fourth-order valence-corrected chi connectivity index (χ4v) is 6.38. The smallest absolute Gasteiger partial charge is 0.253 e. The number of thiophene rings is 2. The molecule has 23 heavy (non-hydrogen) atoms. The first-order chi connectivity index (χ1) is 11.0. The molecule has 0 saturated carbocycles. The normalized spacial score (nSPS) is 19.1. The Balaban J connectivity index is 1.73. The van der Waals surface area contributed by atoms with E-state index in [2.05, 4.69) is 5.32 Å². The van der Waals surface area contributed by atoms with Crippen molar-refractivity contribution in [1.82, 2.24) is 9.62 Å². The standard InChI is InChI=1S/C15H18N2O3S3/c1-11-6-7-14(22-11)23(19,20)17-8-2-5-13(17)15(18)16-10-12-4-3-9-21-12/h3-4,6-7,9,13H,2,5,8,10H2,1H3,(H,16,18). The van der Waals surface area contributed by atoms with Crippen LogP contribution in [0.5, 0.6) is 0 Å². The van der Waals surface area contributed by atoms with Gasteiger partial charge in [0.05, 0.1) is 6.54 Å². The van der Waals surface area contributed by atoms with E-state index in [1.165, 1.54) is 15.6 Å². The maximum absolute atomic E-state index is 12.8. The monoisotopic (exact) mass is 370 g/mol. The van der Waals surface area contributed by atoms with Gasteiger partial charge in [-0.05, 0) is 43.3 Å². The zero-order valence-corrected chi connectivity index (χ0v) is 15.1. The number of carbonyl (C=O) groups excluding carboxylic acids is 1. The van der Waals surface area contributed by atoms with Crippen LogP contribution in [-0.4, -0.2) is 31.2 Å². The average molecular weight is 371 g/mol. The maximum Gasteiger partial charge on any atom is 0.253 e. The van der Waals surface area contributed by atoms with Gasteiger partial charge in [-0.2, -0.15) is 4.31 Å². The molecule has 124 valence electrons. The Kier molecular flexibility index (Phi) is 4.86. The van der Waals surface area contributed by atoms with Crippen LogP contribution >= 0.6 is 22.7 Å². The number of aryl methyl sites for hydroxylation is 1. The summed E-state index contributed by atoms with van der Waals surface area (Å²) in [5, 5.41) is 4.81. The van der Waals surface area contributed by atoms with E-state index in [0.717, 1.165) is 9.75 Å². The van der Waals surface area contributed by atoms with Crippen molar-refractivity contribution in [3.05, 3.63) is 39.4 Å². The molecule has 0 aromatic carbocycles. The van der Waals surface area contributed by atoms with E-state index in [1.54, 1.807) is 23.5 Å². The highest BCUT2D eigenvalue weighted by Crippen LogP contribution is 2.30. The van der Waals surface area contributed by atoms with Crippen LogP contribution in [-0.2, 0) is 21.4 Å². The Hall–Kier alpha value is -1.22. The molecule has 0 radical (unpaired) electrons. The average Bonchev–Trinajstić information content (AvgIpc) is 3.25. The number of amides is 1. The fraction of sp³-hybridized carbons (Fsp3) is 0.400. The summed E-state index contributed by atoms with van der Waals surface area (Å²) >= 11 is 2.82. The maximum atomic E-state index is 12.8. The van der Waals surface area contributed by atoms with Crippen LogP contribution in [0, 0.1) is 6.92 Å². The molecule has 0 aliphatic carbocycles. The highest BCUT2D eigenvalue weighted by molar-refractivity contribution is 7.91. The van der Waals surface area contributed by atoms with Crippen molar-refractivity contribution in [1.29, 1.82) is 0 Å². The van der Waals surface area contributed by atoms with Crippen molar-refractivity contribution in [3.63, 3.8) is 0 Å². The van der Waals surface area contributed by atoms with Gasteiger partial charge in [0.1, 0.15) is 10.3 Å². The van der Waals surface area contributed by atoms with Crippen molar-refractivity contribution < 1.29 is 13.2 Å². The van der Waals surface area contributed by atoms with E-state index < -0.39 is 16.1 Å². The molecule has 1 atom stereocenters. The lowest BCUT2D eigenvalue weighted by molar-refractivity contribution is -0.124. The summed E-state index contributed by atoms with van der Waals surface area (Å²) < 4.78 is 27.2. The molecular weight excluding hydrogens is 352 g/mol. The Morgan fingerprint density at radius 3 is 2.87 bits per heavy atom. The van der Waals surface area contributed by atoms with Crippen molar-refractivity contribution in [2.45, 2.75) is 36.6 Å². The lowest BCUT2D eigenvalue weighted by atomic mass is 10.2. The van der Waals surface area contributed by atoms with Gasteiger partial charge in [-0.1, -0.05) is 6.07 Å². The lowest BCUT2D eigenvalue weighted by Gasteiger charge is -2.22. The Morgan fingerprint density at radius 1 is 1.39 bits per heavy atom. The first-order valence-electron chi connectivity index (χ1n) is 7.37. The summed E-state index contributed by atoms with van der Waals surface area (Å²) in [5.74, 6) is -0.215. The minimum atomic E-state index is -3.59. The molecule has 3 rings (SSSR count). The first-order valence-corrected chi connectivity index (χ1v) is 10.5. The molecular formula is C15H18N2O3S3. The van der Waals surface area contributed by atoms with Crippen LogP contribution in [0.25, 0.3) is 0 Å². The summed E-state index contributed by atoms with van der Waals surface area (Å²) in [4.78, 5) is 14.4. The van der Waals surface area contributed by atoms with Crippen LogP contribution in [0.2, 0.25) is 0 Å². The minimum Gasteiger partial charge on any atom is -0.350 e. The number of nitrogens with zero attached hydrogens (tertiary/aromatic N) is 1. The van der Waals surface area contributed by atoms with Crippen LogP contribution in [0.3, 0.4) is 0 Å². The lowest BCUT2D eigenvalue weighted by Crippen LogP contribution is -2.45. The second-order valence-electron chi connectivity index (χ2n) is 5.44. The summed E-state index contributed by atoms with van der Waals surface area (Å²) in [6.07, 6.45) is 1.28.